The van der Waals surface area contributed by atoms with E-state index in [1.807, 2.05) is 25.5 Å². The summed E-state index contributed by atoms with van der Waals surface area (Å²) in [5.74, 6) is 2.49. The van der Waals surface area contributed by atoms with Crippen LogP contribution in [0.2, 0.25) is 0 Å². The maximum atomic E-state index is 5.41. The molecular formula is C21H34N6O. The molecule has 0 fully saturated rings. The summed E-state index contributed by atoms with van der Waals surface area (Å²) in [6.45, 7) is 11.0. The van der Waals surface area contributed by atoms with Crippen LogP contribution in [0.4, 0.5) is 0 Å². The van der Waals surface area contributed by atoms with Crippen molar-refractivity contribution >= 4 is 5.96 Å². The van der Waals surface area contributed by atoms with E-state index in [4.69, 9.17) is 9.73 Å². The van der Waals surface area contributed by atoms with Crippen LogP contribution >= 0.6 is 0 Å². The van der Waals surface area contributed by atoms with Gasteiger partial charge in [0.25, 0.3) is 0 Å². The number of guanidine groups is 1. The quantitative estimate of drug-likeness (QED) is 0.373. The molecule has 0 saturated carbocycles. The van der Waals surface area contributed by atoms with Crippen molar-refractivity contribution in [3.05, 3.63) is 47.0 Å². The lowest BCUT2D eigenvalue weighted by molar-refractivity contribution is 0.145. The lowest BCUT2D eigenvalue weighted by atomic mass is 10.1. The summed E-state index contributed by atoms with van der Waals surface area (Å²) >= 11 is 0. The number of benzene rings is 1. The maximum Gasteiger partial charge on any atom is 0.192 e. The van der Waals surface area contributed by atoms with E-state index in [1.54, 1.807) is 0 Å². The van der Waals surface area contributed by atoms with Crippen LogP contribution in [0.25, 0.3) is 0 Å². The summed E-state index contributed by atoms with van der Waals surface area (Å²) < 4.78 is 7.37. The van der Waals surface area contributed by atoms with Crippen LogP contribution in [0, 0.1) is 6.92 Å². The van der Waals surface area contributed by atoms with Gasteiger partial charge in [0.2, 0.25) is 0 Å². The normalized spacial score (nSPS) is 12.8. The SMILES string of the molecule is CCOCCCNC(=NCc1nnc(C)n1C)NC(C)c1ccc(CC)cc1. The van der Waals surface area contributed by atoms with E-state index in [2.05, 4.69) is 58.9 Å². The van der Waals surface area contributed by atoms with E-state index in [9.17, 15) is 0 Å². The molecule has 0 bridgehead atoms. The first-order valence-corrected chi connectivity index (χ1v) is 10.1. The molecule has 0 radical (unpaired) electrons. The van der Waals surface area contributed by atoms with Crippen molar-refractivity contribution in [2.45, 2.75) is 53.1 Å². The third-order valence-corrected chi connectivity index (χ3v) is 4.76. The van der Waals surface area contributed by atoms with Crippen LogP contribution in [0.3, 0.4) is 0 Å². The average molecular weight is 387 g/mol. The van der Waals surface area contributed by atoms with Crippen LogP contribution in [0.15, 0.2) is 29.3 Å². The molecular weight excluding hydrogens is 352 g/mol. The van der Waals surface area contributed by atoms with E-state index in [-0.39, 0.29) is 6.04 Å². The monoisotopic (exact) mass is 386 g/mol. The van der Waals surface area contributed by atoms with Gasteiger partial charge in [0.1, 0.15) is 12.4 Å². The van der Waals surface area contributed by atoms with Crippen LogP contribution in [-0.2, 0) is 24.8 Å². The highest BCUT2D eigenvalue weighted by Crippen LogP contribution is 2.13. The molecule has 1 unspecified atom stereocenters. The Labute approximate surface area is 168 Å². The molecule has 7 heteroatoms. The van der Waals surface area contributed by atoms with Gasteiger partial charge in [-0.1, -0.05) is 31.2 Å². The topological polar surface area (TPSA) is 76.4 Å². The highest BCUT2D eigenvalue weighted by atomic mass is 16.5. The summed E-state index contributed by atoms with van der Waals surface area (Å²) in [6.07, 6.45) is 1.98. The number of aryl methyl sites for hydroxylation is 2. The Balaban J connectivity index is 2.02. The third kappa shape index (κ3) is 6.64. The molecule has 1 aromatic carbocycles. The average Bonchev–Trinajstić information content (AvgIpc) is 3.03. The van der Waals surface area contributed by atoms with Gasteiger partial charge in [-0.05, 0) is 44.7 Å². The second-order valence-corrected chi connectivity index (χ2v) is 6.83. The van der Waals surface area contributed by atoms with E-state index in [0.29, 0.717) is 6.54 Å². The molecule has 1 aromatic heterocycles. The minimum absolute atomic E-state index is 0.144. The molecule has 28 heavy (non-hydrogen) atoms. The number of nitrogens with zero attached hydrogens (tertiary/aromatic N) is 4. The van der Waals surface area contributed by atoms with Crippen molar-refractivity contribution in [2.75, 3.05) is 19.8 Å². The lowest BCUT2D eigenvalue weighted by Crippen LogP contribution is -2.39. The molecule has 0 aliphatic heterocycles. The van der Waals surface area contributed by atoms with Crippen molar-refractivity contribution in [1.29, 1.82) is 0 Å². The Kier molecular flexibility index (Phi) is 8.94. The second-order valence-electron chi connectivity index (χ2n) is 6.83. The van der Waals surface area contributed by atoms with E-state index in [1.165, 1.54) is 11.1 Å². The standard InChI is InChI=1S/C21H34N6O/c1-6-18-9-11-19(12-10-18)16(3)24-21(22-13-8-14-28-7-2)23-15-20-26-25-17(4)27(20)5/h9-12,16H,6-8,13-15H2,1-5H3,(H2,22,23,24). The Bertz CT molecular complexity index is 738. The highest BCUT2D eigenvalue weighted by molar-refractivity contribution is 5.80. The predicted octanol–water partition coefficient (Wildman–Crippen LogP) is 2.91. The number of ether oxygens (including phenoxy) is 1. The molecule has 0 spiro atoms. The third-order valence-electron chi connectivity index (χ3n) is 4.76. The first-order chi connectivity index (χ1) is 13.5. The molecule has 7 nitrogen and oxygen atoms in total. The smallest absolute Gasteiger partial charge is 0.192 e. The van der Waals surface area contributed by atoms with Gasteiger partial charge in [0.15, 0.2) is 11.8 Å². The fourth-order valence-corrected chi connectivity index (χ4v) is 2.75. The number of aromatic nitrogens is 3. The fourth-order valence-electron chi connectivity index (χ4n) is 2.75. The Morgan fingerprint density at radius 3 is 2.57 bits per heavy atom. The number of hydrogen-bond donors (Lipinski definition) is 2. The first-order valence-electron chi connectivity index (χ1n) is 10.1. The highest BCUT2D eigenvalue weighted by Gasteiger charge is 2.10. The molecule has 1 atom stereocenters. The summed E-state index contributed by atoms with van der Waals surface area (Å²) in [5.41, 5.74) is 2.58. The Hall–Kier alpha value is -2.41. The zero-order valence-corrected chi connectivity index (χ0v) is 17.8. The molecule has 0 aliphatic carbocycles. The second kappa shape index (κ2) is 11.4. The van der Waals surface area contributed by atoms with Gasteiger partial charge >= 0.3 is 0 Å². The fraction of sp³-hybridized carbons (Fsp3) is 0.571. The minimum atomic E-state index is 0.144. The number of nitrogens with one attached hydrogen (secondary N) is 2. The van der Waals surface area contributed by atoms with E-state index >= 15 is 0 Å². The van der Waals surface area contributed by atoms with Crippen molar-refractivity contribution in [3.8, 4) is 0 Å². The zero-order valence-electron chi connectivity index (χ0n) is 17.8. The number of aliphatic imine (C=N–C) groups is 1. The molecule has 0 amide bonds. The maximum absolute atomic E-state index is 5.41. The first kappa shape index (κ1) is 21.9. The Morgan fingerprint density at radius 1 is 1.21 bits per heavy atom. The van der Waals surface area contributed by atoms with Gasteiger partial charge in [-0.2, -0.15) is 0 Å². The summed E-state index contributed by atoms with van der Waals surface area (Å²) in [7, 11) is 1.96. The summed E-state index contributed by atoms with van der Waals surface area (Å²) in [6, 6.07) is 8.86. The van der Waals surface area contributed by atoms with Gasteiger partial charge < -0.3 is 19.9 Å². The van der Waals surface area contributed by atoms with Gasteiger partial charge in [-0.15, -0.1) is 10.2 Å². The predicted molar refractivity (Wildman–Crippen MR) is 113 cm³/mol. The van der Waals surface area contributed by atoms with Crippen molar-refractivity contribution in [1.82, 2.24) is 25.4 Å². The largest absolute Gasteiger partial charge is 0.382 e. The number of hydrogen-bond acceptors (Lipinski definition) is 4. The Morgan fingerprint density at radius 2 is 1.96 bits per heavy atom. The summed E-state index contributed by atoms with van der Waals surface area (Å²) in [4.78, 5) is 4.72. The molecule has 154 valence electrons. The lowest BCUT2D eigenvalue weighted by Gasteiger charge is -2.19. The molecule has 0 saturated heterocycles. The minimum Gasteiger partial charge on any atom is -0.382 e. The van der Waals surface area contributed by atoms with Crippen molar-refractivity contribution in [3.63, 3.8) is 0 Å². The number of rotatable bonds is 10. The van der Waals surface area contributed by atoms with E-state index < -0.39 is 0 Å². The van der Waals surface area contributed by atoms with E-state index in [0.717, 1.165) is 50.2 Å². The zero-order chi connectivity index (χ0) is 20.4. The van der Waals surface area contributed by atoms with Crippen LogP contribution < -0.4 is 10.6 Å². The summed E-state index contributed by atoms with van der Waals surface area (Å²) in [5, 5.41) is 15.2. The molecule has 1 heterocycles. The van der Waals surface area contributed by atoms with Crippen molar-refractivity contribution < 1.29 is 4.74 Å². The van der Waals surface area contributed by atoms with Gasteiger partial charge in [-0.3, -0.25) is 0 Å². The molecule has 0 aliphatic rings. The van der Waals surface area contributed by atoms with Crippen LogP contribution in [0.5, 0.6) is 0 Å². The van der Waals surface area contributed by atoms with Crippen LogP contribution in [0.1, 0.15) is 56.0 Å². The van der Waals surface area contributed by atoms with Crippen molar-refractivity contribution in [2.24, 2.45) is 12.0 Å². The van der Waals surface area contributed by atoms with Gasteiger partial charge in [-0.25, -0.2) is 4.99 Å². The van der Waals surface area contributed by atoms with Gasteiger partial charge in [0.05, 0.1) is 6.04 Å². The van der Waals surface area contributed by atoms with Crippen LogP contribution in [-0.4, -0.2) is 40.5 Å². The molecule has 2 N–H and O–H groups in total. The van der Waals surface area contributed by atoms with Gasteiger partial charge in [0, 0.05) is 26.8 Å². The molecule has 2 aromatic rings. The molecule has 2 rings (SSSR count).